The molecule has 3 rings (SSSR count). The number of rotatable bonds is 3. The normalized spacial score (nSPS) is 40.8. The van der Waals surface area contributed by atoms with Gasteiger partial charge in [0.15, 0.2) is 0 Å². The van der Waals surface area contributed by atoms with Crippen molar-refractivity contribution in [1.29, 1.82) is 0 Å². The number of hydrogen-bond donors (Lipinski definition) is 1. The molecule has 0 radical (unpaired) electrons. The first kappa shape index (κ1) is 9.47. The predicted octanol–water partition coefficient (Wildman–Crippen LogP) is 1.45. The van der Waals surface area contributed by atoms with E-state index in [1.807, 2.05) is 0 Å². The highest BCUT2D eigenvalue weighted by Gasteiger charge is 2.50. The molecule has 0 amide bonds. The quantitative estimate of drug-likeness (QED) is 0.716. The molecule has 2 N–H and O–H groups in total. The second-order valence-electron chi connectivity index (χ2n) is 5.32. The summed E-state index contributed by atoms with van der Waals surface area (Å²) in [6.07, 6.45) is 2.68. The van der Waals surface area contributed by atoms with E-state index in [0.29, 0.717) is 6.04 Å². The van der Waals surface area contributed by atoms with Crippen LogP contribution in [0.1, 0.15) is 33.6 Å². The lowest BCUT2D eigenvalue weighted by atomic mass is 9.81. The Bertz CT molecular complexity index is 191. The van der Waals surface area contributed by atoms with Crippen LogP contribution in [-0.4, -0.2) is 29.6 Å². The molecular formula is C11H22N2. The van der Waals surface area contributed by atoms with Crippen molar-refractivity contribution in [2.45, 2.75) is 51.7 Å². The lowest BCUT2D eigenvalue weighted by molar-refractivity contribution is 0.159. The molecule has 4 unspecified atom stereocenters. The number of nitrogens with two attached hydrogens (primary N) is 1. The Morgan fingerprint density at radius 3 is 2.46 bits per heavy atom. The highest BCUT2D eigenvalue weighted by molar-refractivity contribution is 5.08. The van der Waals surface area contributed by atoms with E-state index in [4.69, 9.17) is 5.73 Å². The summed E-state index contributed by atoms with van der Waals surface area (Å²) in [6, 6.07) is 1.96. The van der Waals surface area contributed by atoms with Gasteiger partial charge in [-0.2, -0.15) is 0 Å². The molecule has 1 aliphatic carbocycles. The fourth-order valence-corrected chi connectivity index (χ4v) is 3.03. The van der Waals surface area contributed by atoms with E-state index in [1.165, 1.54) is 19.4 Å². The van der Waals surface area contributed by atoms with Crippen LogP contribution in [0, 0.1) is 11.8 Å². The van der Waals surface area contributed by atoms with Crippen molar-refractivity contribution in [1.82, 2.24) is 4.90 Å². The van der Waals surface area contributed by atoms with Crippen LogP contribution in [0.4, 0.5) is 0 Å². The lowest BCUT2D eigenvalue weighted by Gasteiger charge is -2.36. The van der Waals surface area contributed by atoms with E-state index in [-0.39, 0.29) is 0 Å². The molecule has 4 atom stereocenters. The minimum Gasteiger partial charge on any atom is -0.326 e. The van der Waals surface area contributed by atoms with Crippen LogP contribution >= 0.6 is 0 Å². The molecule has 2 nitrogen and oxygen atoms in total. The Labute approximate surface area is 81.5 Å². The van der Waals surface area contributed by atoms with Crippen LogP contribution in [0.2, 0.25) is 0 Å². The molecular weight excluding hydrogens is 160 g/mol. The smallest absolute Gasteiger partial charge is 0.0257 e. The van der Waals surface area contributed by atoms with Crippen LogP contribution in [0.25, 0.3) is 0 Å². The van der Waals surface area contributed by atoms with Gasteiger partial charge < -0.3 is 5.73 Å². The second kappa shape index (κ2) is 3.25. The fraction of sp³-hybridized carbons (Fsp3) is 1.00. The Kier molecular flexibility index (Phi) is 2.37. The molecule has 3 aliphatic rings. The molecule has 2 bridgehead atoms. The Hall–Kier alpha value is -0.0800. The van der Waals surface area contributed by atoms with E-state index in [0.717, 1.165) is 23.9 Å². The summed E-state index contributed by atoms with van der Waals surface area (Å²) in [5.74, 6) is 1.63. The standard InChI is InChI=1S/C11H22N2/c1-7(2)4-8(3)13-6-9-5-10(13)11(9)12/h7-11H,4-6,12H2,1-3H3. The monoisotopic (exact) mass is 182 g/mol. The summed E-state index contributed by atoms with van der Waals surface area (Å²) >= 11 is 0. The van der Waals surface area contributed by atoms with E-state index in [9.17, 15) is 0 Å². The minimum atomic E-state index is 0.495. The molecule has 2 heterocycles. The van der Waals surface area contributed by atoms with Crippen molar-refractivity contribution >= 4 is 0 Å². The van der Waals surface area contributed by atoms with Gasteiger partial charge in [0.1, 0.15) is 0 Å². The zero-order chi connectivity index (χ0) is 9.59. The van der Waals surface area contributed by atoms with Gasteiger partial charge in [-0.3, -0.25) is 4.90 Å². The lowest BCUT2D eigenvalue weighted by Crippen LogP contribution is -2.51. The van der Waals surface area contributed by atoms with Crippen LogP contribution in [0.3, 0.4) is 0 Å². The molecule has 0 aromatic heterocycles. The molecule has 2 heteroatoms. The molecule has 13 heavy (non-hydrogen) atoms. The zero-order valence-electron chi connectivity index (χ0n) is 9.03. The summed E-state index contributed by atoms with van der Waals surface area (Å²) < 4.78 is 0. The SMILES string of the molecule is CC(C)CC(C)N1CC2CC1C2N. The highest BCUT2D eigenvalue weighted by Crippen LogP contribution is 2.41. The fourth-order valence-electron chi connectivity index (χ4n) is 3.03. The van der Waals surface area contributed by atoms with Gasteiger partial charge in [0.2, 0.25) is 0 Å². The maximum Gasteiger partial charge on any atom is 0.0257 e. The van der Waals surface area contributed by atoms with Crippen molar-refractivity contribution in [2.24, 2.45) is 17.6 Å². The molecule has 0 spiro atoms. The van der Waals surface area contributed by atoms with Crippen molar-refractivity contribution in [3.05, 3.63) is 0 Å². The first-order valence-corrected chi connectivity index (χ1v) is 5.61. The van der Waals surface area contributed by atoms with Crippen molar-refractivity contribution in [2.75, 3.05) is 6.54 Å². The summed E-state index contributed by atoms with van der Waals surface area (Å²) in [5.41, 5.74) is 6.05. The van der Waals surface area contributed by atoms with Crippen LogP contribution in [-0.2, 0) is 0 Å². The number of hydrogen-bond acceptors (Lipinski definition) is 2. The average Bonchev–Trinajstić information content (AvgIpc) is 2.58. The third-order valence-corrected chi connectivity index (χ3v) is 3.78. The molecule has 1 saturated carbocycles. The van der Waals surface area contributed by atoms with Crippen molar-refractivity contribution in [3.8, 4) is 0 Å². The van der Waals surface area contributed by atoms with Gasteiger partial charge in [-0.25, -0.2) is 0 Å². The van der Waals surface area contributed by atoms with E-state index < -0.39 is 0 Å². The molecule has 3 fully saturated rings. The van der Waals surface area contributed by atoms with E-state index in [2.05, 4.69) is 25.7 Å². The highest BCUT2D eigenvalue weighted by atomic mass is 15.3. The van der Waals surface area contributed by atoms with Crippen molar-refractivity contribution < 1.29 is 0 Å². The van der Waals surface area contributed by atoms with Gasteiger partial charge in [0, 0.05) is 24.7 Å². The zero-order valence-corrected chi connectivity index (χ0v) is 9.03. The van der Waals surface area contributed by atoms with E-state index >= 15 is 0 Å². The maximum absolute atomic E-state index is 6.05. The van der Waals surface area contributed by atoms with Crippen molar-refractivity contribution in [3.63, 3.8) is 0 Å². The number of nitrogens with zero attached hydrogens (tertiary/aromatic N) is 1. The van der Waals surface area contributed by atoms with Gasteiger partial charge in [-0.15, -0.1) is 0 Å². The Balaban J connectivity index is 1.88. The van der Waals surface area contributed by atoms with Crippen LogP contribution in [0.5, 0.6) is 0 Å². The maximum atomic E-state index is 6.05. The molecule has 2 aliphatic heterocycles. The first-order chi connectivity index (χ1) is 6.09. The second-order valence-corrected chi connectivity index (χ2v) is 5.32. The van der Waals surface area contributed by atoms with Gasteiger partial charge in [-0.1, -0.05) is 13.8 Å². The average molecular weight is 182 g/mol. The predicted molar refractivity (Wildman–Crippen MR) is 55.5 cm³/mol. The van der Waals surface area contributed by atoms with Gasteiger partial charge in [-0.05, 0) is 31.6 Å². The summed E-state index contributed by atoms with van der Waals surface area (Å²) in [5, 5.41) is 0. The largest absolute Gasteiger partial charge is 0.326 e. The summed E-state index contributed by atoms with van der Waals surface area (Å²) in [6.45, 7) is 8.22. The van der Waals surface area contributed by atoms with Crippen LogP contribution < -0.4 is 5.73 Å². The number of fused-ring (bicyclic) bond motifs is 1. The Morgan fingerprint density at radius 2 is 2.08 bits per heavy atom. The summed E-state index contributed by atoms with van der Waals surface area (Å²) in [4.78, 5) is 2.63. The van der Waals surface area contributed by atoms with Gasteiger partial charge in [0.05, 0.1) is 0 Å². The van der Waals surface area contributed by atoms with E-state index in [1.54, 1.807) is 0 Å². The van der Waals surface area contributed by atoms with Crippen LogP contribution in [0.15, 0.2) is 0 Å². The molecule has 76 valence electrons. The topological polar surface area (TPSA) is 29.3 Å². The summed E-state index contributed by atoms with van der Waals surface area (Å²) in [7, 11) is 0. The third-order valence-electron chi connectivity index (χ3n) is 3.78. The van der Waals surface area contributed by atoms with Gasteiger partial charge in [0.25, 0.3) is 0 Å². The molecule has 0 aromatic rings. The third kappa shape index (κ3) is 1.50. The minimum absolute atomic E-state index is 0.495. The van der Waals surface area contributed by atoms with Gasteiger partial charge >= 0.3 is 0 Å². The molecule has 0 aromatic carbocycles. The first-order valence-electron chi connectivity index (χ1n) is 5.61. The Morgan fingerprint density at radius 1 is 1.38 bits per heavy atom. The molecule has 2 saturated heterocycles.